The van der Waals surface area contributed by atoms with Crippen molar-refractivity contribution in [2.75, 3.05) is 12.8 Å². The Balaban J connectivity index is 2.63. The zero-order chi connectivity index (χ0) is 9.19. The Hall–Kier alpha value is -1.10. The van der Waals surface area contributed by atoms with E-state index in [1.165, 1.54) is 0 Å². The number of aromatic nitrogens is 2. The molecule has 5 nitrogen and oxygen atoms in total. The monoisotopic (exact) mass is 171 g/mol. The molecule has 0 aliphatic heterocycles. The average Bonchev–Trinajstić information content (AvgIpc) is 2.35. The minimum absolute atomic E-state index is 0.0944. The maximum absolute atomic E-state index is 5.26. The third-order valence-electron chi connectivity index (χ3n) is 1.61. The molecule has 0 aliphatic carbocycles. The van der Waals surface area contributed by atoms with Gasteiger partial charge in [0.1, 0.15) is 0 Å². The van der Waals surface area contributed by atoms with Crippen LogP contribution in [0.25, 0.3) is 0 Å². The highest BCUT2D eigenvalue weighted by atomic mass is 16.5. The fourth-order valence-corrected chi connectivity index (χ4v) is 0.774. The minimum atomic E-state index is -0.293. The molecule has 1 rings (SSSR count). The van der Waals surface area contributed by atoms with E-state index in [2.05, 4.69) is 10.2 Å². The lowest BCUT2D eigenvalue weighted by Crippen LogP contribution is -2.25. The van der Waals surface area contributed by atoms with E-state index < -0.39 is 0 Å². The number of nitrogen functional groups attached to an aromatic ring is 1. The molecule has 5 heteroatoms. The van der Waals surface area contributed by atoms with Crippen molar-refractivity contribution in [2.24, 2.45) is 0 Å². The summed E-state index contributed by atoms with van der Waals surface area (Å²) in [5.74, 6) is 0.499. The quantitative estimate of drug-likeness (QED) is 0.721. The van der Waals surface area contributed by atoms with Crippen LogP contribution in [0, 0.1) is 0 Å². The molecular formula is C7H13N3O2. The molecule has 1 heterocycles. The molecule has 0 fully saturated rings. The van der Waals surface area contributed by atoms with Crippen LogP contribution in [0.15, 0.2) is 4.42 Å². The van der Waals surface area contributed by atoms with Gasteiger partial charge in [0.25, 0.3) is 0 Å². The van der Waals surface area contributed by atoms with Crippen molar-refractivity contribution >= 4 is 6.01 Å². The molecule has 68 valence electrons. The number of ether oxygens (including phenoxy) is 1. The molecule has 0 spiro atoms. The predicted octanol–water partition coefficient (Wildman–Crippen LogP) is 0.619. The van der Waals surface area contributed by atoms with Gasteiger partial charge in [-0.15, -0.1) is 5.10 Å². The van der Waals surface area contributed by atoms with E-state index >= 15 is 0 Å². The first-order valence-electron chi connectivity index (χ1n) is 3.66. The Morgan fingerprint density at radius 1 is 1.50 bits per heavy atom. The fraction of sp³-hybridized carbons (Fsp3) is 0.714. The first-order valence-corrected chi connectivity index (χ1v) is 3.66. The van der Waals surface area contributed by atoms with E-state index in [4.69, 9.17) is 14.9 Å². The van der Waals surface area contributed by atoms with Crippen molar-refractivity contribution in [1.29, 1.82) is 0 Å². The SMILES string of the molecule is COC(C)(C)Cc1nnc(N)o1. The van der Waals surface area contributed by atoms with Crippen molar-refractivity contribution in [3.05, 3.63) is 5.89 Å². The molecular weight excluding hydrogens is 158 g/mol. The topological polar surface area (TPSA) is 74.2 Å². The summed E-state index contributed by atoms with van der Waals surface area (Å²) >= 11 is 0. The number of anilines is 1. The third kappa shape index (κ3) is 2.20. The number of rotatable bonds is 3. The molecule has 1 aromatic heterocycles. The number of hydrogen-bond acceptors (Lipinski definition) is 5. The van der Waals surface area contributed by atoms with Gasteiger partial charge < -0.3 is 14.9 Å². The van der Waals surface area contributed by atoms with Gasteiger partial charge in [-0.05, 0) is 13.8 Å². The molecule has 0 atom stereocenters. The van der Waals surface area contributed by atoms with Gasteiger partial charge in [-0.1, -0.05) is 5.10 Å². The maximum Gasteiger partial charge on any atom is 0.312 e. The van der Waals surface area contributed by atoms with Gasteiger partial charge >= 0.3 is 6.01 Å². The summed E-state index contributed by atoms with van der Waals surface area (Å²) in [6.07, 6.45) is 0.563. The standard InChI is InChI=1S/C7H13N3O2/c1-7(2,11-3)4-5-9-10-6(8)12-5/h4H2,1-3H3,(H2,8,10). The lowest BCUT2D eigenvalue weighted by Gasteiger charge is -2.19. The van der Waals surface area contributed by atoms with Crippen LogP contribution in [-0.2, 0) is 11.2 Å². The van der Waals surface area contributed by atoms with Crippen LogP contribution < -0.4 is 5.73 Å². The van der Waals surface area contributed by atoms with Crippen LogP contribution in [0.3, 0.4) is 0 Å². The number of hydrogen-bond donors (Lipinski definition) is 1. The molecule has 12 heavy (non-hydrogen) atoms. The summed E-state index contributed by atoms with van der Waals surface area (Å²) in [5, 5.41) is 7.27. The second-order valence-electron chi connectivity index (χ2n) is 3.17. The summed E-state index contributed by atoms with van der Waals surface area (Å²) in [4.78, 5) is 0. The predicted molar refractivity (Wildman–Crippen MR) is 43.5 cm³/mol. The van der Waals surface area contributed by atoms with Crippen LogP contribution in [0.1, 0.15) is 19.7 Å². The summed E-state index contributed by atoms with van der Waals surface area (Å²) in [6.45, 7) is 3.88. The first-order chi connectivity index (χ1) is 5.53. The second-order valence-corrected chi connectivity index (χ2v) is 3.17. The average molecular weight is 171 g/mol. The molecule has 0 amide bonds. The molecule has 0 aliphatic rings. The zero-order valence-electron chi connectivity index (χ0n) is 7.50. The largest absolute Gasteiger partial charge is 0.408 e. The number of nitrogens with two attached hydrogens (primary N) is 1. The number of methoxy groups -OCH3 is 1. The van der Waals surface area contributed by atoms with Crippen molar-refractivity contribution in [2.45, 2.75) is 25.9 Å². The van der Waals surface area contributed by atoms with Gasteiger partial charge in [0.2, 0.25) is 5.89 Å². The minimum Gasteiger partial charge on any atom is -0.408 e. The van der Waals surface area contributed by atoms with E-state index in [0.29, 0.717) is 12.3 Å². The Labute approximate surface area is 70.9 Å². The summed E-state index contributed by atoms with van der Waals surface area (Å²) in [5.41, 5.74) is 4.97. The lowest BCUT2D eigenvalue weighted by atomic mass is 10.1. The van der Waals surface area contributed by atoms with Crippen molar-refractivity contribution in [1.82, 2.24) is 10.2 Å². The Kier molecular flexibility index (Phi) is 2.32. The van der Waals surface area contributed by atoms with Crippen molar-refractivity contribution < 1.29 is 9.15 Å². The van der Waals surface area contributed by atoms with E-state index in [1.807, 2.05) is 13.8 Å². The molecule has 0 saturated carbocycles. The zero-order valence-corrected chi connectivity index (χ0v) is 7.50. The Morgan fingerprint density at radius 2 is 2.17 bits per heavy atom. The fourth-order valence-electron chi connectivity index (χ4n) is 0.774. The molecule has 0 saturated heterocycles. The van der Waals surface area contributed by atoms with Crippen molar-refractivity contribution in [3.63, 3.8) is 0 Å². The van der Waals surface area contributed by atoms with Crippen molar-refractivity contribution in [3.8, 4) is 0 Å². The first kappa shape index (κ1) is 8.99. The lowest BCUT2D eigenvalue weighted by molar-refractivity contribution is 0.0182. The van der Waals surface area contributed by atoms with E-state index in [-0.39, 0.29) is 11.6 Å². The van der Waals surface area contributed by atoms with Gasteiger partial charge in [0, 0.05) is 7.11 Å². The number of nitrogens with zero attached hydrogens (tertiary/aromatic N) is 2. The van der Waals surface area contributed by atoms with Gasteiger partial charge in [-0.25, -0.2) is 0 Å². The van der Waals surface area contributed by atoms with Crippen LogP contribution >= 0.6 is 0 Å². The third-order valence-corrected chi connectivity index (χ3v) is 1.61. The van der Waals surface area contributed by atoms with Gasteiger partial charge in [0.15, 0.2) is 0 Å². The molecule has 0 aromatic carbocycles. The van der Waals surface area contributed by atoms with E-state index in [0.717, 1.165) is 0 Å². The summed E-state index contributed by atoms with van der Waals surface area (Å²) in [6, 6.07) is 0.0944. The van der Waals surface area contributed by atoms with Crippen LogP contribution in [0.5, 0.6) is 0 Å². The Morgan fingerprint density at radius 3 is 2.58 bits per heavy atom. The van der Waals surface area contributed by atoms with Crippen LogP contribution in [-0.4, -0.2) is 22.9 Å². The van der Waals surface area contributed by atoms with E-state index in [1.54, 1.807) is 7.11 Å². The molecule has 0 radical (unpaired) electrons. The smallest absolute Gasteiger partial charge is 0.312 e. The molecule has 2 N–H and O–H groups in total. The van der Waals surface area contributed by atoms with Crippen LogP contribution in [0.4, 0.5) is 6.01 Å². The highest BCUT2D eigenvalue weighted by molar-refractivity contribution is 5.05. The van der Waals surface area contributed by atoms with E-state index in [9.17, 15) is 0 Å². The van der Waals surface area contributed by atoms with Gasteiger partial charge in [0.05, 0.1) is 12.0 Å². The molecule has 0 unspecified atom stereocenters. The summed E-state index contributed by atoms with van der Waals surface area (Å²) in [7, 11) is 1.64. The highest BCUT2D eigenvalue weighted by Gasteiger charge is 2.20. The van der Waals surface area contributed by atoms with Gasteiger partial charge in [-0.3, -0.25) is 0 Å². The summed E-state index contributed by atoms with van der Waals surface area (Å²) < 4.78 is 10.2. The Bertz CT molecular complexity index is 257. The molecule has 1 aromatic rings. The normalized spacial score (nSPS) is 11.9. The van der Waals surface area contributed by atoms with Gasteiger partial charge in [-0.2, -0.15) is 0 Å². The van der Waals surface area contributed by atoms with Crippen LogP contribution in [0.2, 0.25) is 0 Å². The molecule has 0 bridgehead atoms. The second kappa shape index (κ2) is 3.10. The highest BCUT2D eigenvalue weighted by Crippen LogP contribution is 2.15. The maximum atomic E-state index is 5.26.